The third-order valence-electron chi connectivity index (χ3n) is 3.88. The van der Waals surface area contributed by atoms with E-state index >= 15 is 0 Å². The molecular weight excluding hydrogens is 294 g/mol. The van der Waals surface area contributed by atoms with Crippen molar-refractivity contribution >= 4 is 11.7 Å². The van der Waals surface area contributed by atoms with Crippen LogP contribution in [0.5, 0.6) is 0 Å². The first-order valence-electron chi connectivity index (χ1n) is 7.98. The van der Waals surface area contributed by atoms with E-state index in [0.29, 0.717) is 37.4 Å². The van der Waals surface area contributed by atoms with Crippen LogP contribution >= 0.6 is 0 Å². The van der Waals surface area contributed by atoms with Crippen LogP contribution in [0.4, 0.5) is 0 Å². The van der Waals surface area contributed by atoms with Crippen LogP contribution in [0.25, 0.3) is 0 Å². The number of rotatable bonds is 9. The second kappa shape index (κ2) is 8.84. The van der Waals surface area contributed by atoms with Gasteiger partial charge in [-0.25, -0.2) is 0 Å². The van der Waals surface area contributed by atoms with Crippen molar-refractivity contribution in [1.82, 2.24) is 14.8 Å². The van der Waals surface area contributed by atoms with Crippen LogP contribution in [0, 0.1) is 6.92 Å². The molecule has 1 rings (SSSR count). The van der Waals surface area contributed by atoms with Gasteiger partial charge in [-0.1, -0.05) is 6.92 Å². The Hall–Kier alpha value is -1.66. The predicted molar refractivity (Wildman–Crippen MR) is 91.2 cm³/mol. The van der Waals surface area contributed by atoms with Crippen LogP contribution in [-0.4, -0.2) is 73.9 Å². The van der Waals surface area contributed by atoms with E-state index in [4.69, 9.17) is 4.74 Å². The average Bonchev–Trinajstić information content (AvgIpc) is 2.83. The first kappa shape index (κ1) is 19.4. The monoisotopic (exact) mass is 323 g/mol. The number of carbonyl (C=O) groups is 2. The van der Waals surface area contributed by atoms with Crippen LogP contribution in [0.15, 0.2) is 0 Å². The Balaban J connectivity index is 3.11. The minimum atomic E-state index is -0.0728. The predicted octanol–water partition coefficient (Wildman–Crippen LogP) is 1.74. The highest BCUT2D eigenvalue weighted by molar-refractivity contribution is 6.02. The summed E-state index contributed by atoms with van der Waals surface area (Å²) in [6.45, 7) is 7.75. The van der Waals surface area contributed by atoms with E-state index in [9.17, 15) is 9.59 Å². The first-order chi connectivity index (χ1) is 10.8. The Morgan fingerprint density at radius 1 is 1.17 bits per heavy atom. The Kier molecular flexibility index (Phi) is 7.45. The average molecular weight is 323 g/mol. The number of aromatic amines is 1. The summed E-state index contributed by atoms with van der Waals surface area (Å²) in [5.74, 6) is -0.0808. The van der Waals surface area contributed by atoms with Crippen molar-refractivity contribution in [2.75, 3.05) is 47.4 Å². The summed E-state index contributed by atoms with van der Waals surface area (Å²) in [7, 11) is 5.57. The van der Waals surface area contributed by atoms with Gasteiger partial charge in [-0.15, -0.1) is 0 Å². The van der Waals surface area contributed by atoms with Gasteiger partial charge in [0.25, 0.3) is 5.91 Å². The number of likely N-dealkylation sites (N-methyl/N-ethyl adjacent to an activating group) is 1. The van der Waals surface area contributed by atoms with Gasteiger partial charge in [-0.2, -0.15) is 0 Å². The van der Waals surface area contributed by atoms with Crippen molar-refractivity contribution in [3.63, 3.8) is 0 Å². The molecule has 0 unspecified atom stereocenters. The third kappa shape index (κ3) is 4.91. The molecule has 0 aliphatic heterocycles. The van der Waals surface area contributed by atoms with Gasteiger partial charge in [0.1, 0.15) is 5.69 Å². The van der Waals surface area contributed by atoms with Crippen LogP contribution in [0.1, 0.15) is 46.0 Å². The molecule has 23 heavy (non-hydrogen) atoms. The molecule has 1 heterocycles. The number of methoxy groups -OCH3 is 1. The summed E-state index contributed by atoms with van der Waals surface area (Å²) in [4.78, 5) is 31.7. The lowest BCUT2D eigenvalue weighted by molar-refractivity contribution is 0.0677. The fourth-order valence-corrected chi connectivity index (χ4v) is 2.68. The highest BCUT2D eigenvalue weighted by Crippen LogP contribution is 2.21. The molecule has 0 aliphatic rings. The van der Waals surface area contributed by atoms with Gasteiger partial charge >= 0.3 is 0 Å². The van der Waals surface area contributed by atoms with Gasteiger partial charge in [0.05, 0.1) is 6.61 Å². The Morgan fingerprint density at radius 2 is 1.83 bits per heavy atom. The topological polar surface area (TPSA) is 65.6 Å². The smallest absolute Gasteiger partial charge is 0.270 e. The van der Waals surface area contributed by atoms with Gasteiger partial charge in [-0.3, -0.25) is 9.59 Å². The van der Waals surface area contributed by atoms with E-state index in [1.165, 1.54) is 0 Å². The van der Waals surface area contributed by atoms with Crippen LogP contribution < -0.4 is 0 Å². The molecule has 0 radical (unpaired) electrons. The molecule has 0 atom stereocenters. The summed E-state index contributed by atoms with van der Waals surface area (Å²) in [6, 6.07) is 0. The Labute approximate surface area is 138 Å². The van der Waals surface area contributed by atoms with Crippen molar-refractivity contribution in [1.29, 1.82) is 0 Å². The number of aromatic nitrogens is 1. The Morgan fingerprint density at radius 3 is 2.30 bits per heavy atom. The number of amides is 1. The minimum absolute atomic E-state index is 0.00798. The van der Waals surface area contributed by atoms with Crippen molar-refractivity contribution in [2.45, 2.75) is 27.2 Å². The maximum Gasteiger partial charge on any atom is 0.270 e. The zero-order valence-corrected chi connectivity index (χ0v) is 15.2. The van der Waals surface area contributed by atoms with Gasteiger partial charge < -0.3 is 19.5 Å². The molecule has 0 saturated heterocycles. The minimum Gasteiger partial charge on any atom is -0.383 e. The zero-order valence-electron chi connectivity index (χ0n) is 15.2. The third-order valence-corrected chi connectivity index (χ3v) is 3.88. The lowest BCUT2D eigenvalue weighted by Crippen LogP contribution is -2.39. The number of aryl methyl sites for hydroxylation is 1. The van der Waals surface area contributed by atoms with E-state index in [-0.39, 0.29) is 11.7 Å². The van der Waals surface area contributed by atoms with Crippen molar-refractivity contribution in [3.8, 4) is 0 Å². The molecule has 0 saturated carbocycles. The first-order valence-corrected chi connectivity index (χ1v) is 7.98. The van der Waals surface area contributed by atoms with Gasteiger partial charge in [-0.05, 0) is 39.9 Å². The number of nitrogens with zero attached hydrogens (tertiary/aromatic N) is 2. The second-order valence-corrected chi connectivity index (χ2v) is 5.98. The summed E-state index contributed by atoms with van der Waals surface area (Å²) in [6.07, 6.45) is 0.645. The second-order valence-electron chi connectivity index (χ2n) is 5.98. The number of ether oxygens (including phenoxy) is 1. The molecule has 0 spiro atoms. The summed E-state index contributed by atoms with van der Waals surface area (Å²) in [5.41, 5.74) is 2.75. The van der Waals surface area contributed by atoms with Crippen molar-refractivity contribution < 1.29 is 14.3 Å². The van der Waals surface area contributed by atoms with E-state index in [0.717, 1.165) is 17.8 Å². The highest BCUT2D eigenvalue weighted by atomic mass is 16.5. The molecule has 1 aromatic rings. The van der Waals surface area contributed by atoms with Crippen molar-refractivity contribution in [2.24, 2.45) is 0 Å². The van der Waals surface area contributed by atoms with Crippen LogP contribution in [-0.2, 0) is 11.2 Å². The molecule has 0 bridgehead atoms. The Bertz CT molecular complexity index is 550. The lowest BCUT2D eigenvalue weighted by atomic mass is 10.0. The van der Waals surface area contributed by atoms with Gasteiger partial charge in [0, 0.05) is 38.0 Å². The molecule has 1 N–H and O–H groups in total. The summed E-state index contributed by atoms with van der Waals surface area (Å²) < 4.78 is 5.12. The number of hydrogen-bond donors (Lipinski definition) is 1. The summed E-state index contributed by atoms with van der Waals surface area (Å²) in [5, 5.41) is 0. The largest absolute Gasteiger partial charge is 0.383 e. The van der Waals surface area contributed by atoms with E-state index < -0.39 is 0 Å². The van der Waals surface area contributed by atoms with Crippen LogP contribution in [0.3, 0.4) is 0 Å². The highest BCUT2D eigenvalue weighted by Gasteiger charge is 2.25. The number of ketones is 1. The van der Waals surface area contributed by atoms with Crippen LogP contribution in [0.2, 0.25) is 0 Å². The zero-order chi connectivity index (χ0) is 17.6. The van der Waals surface area contributed by atoms with Gasteiger partial charge in [0.2, 0.25) is 0 Å². The number of Topliss-reactive ketones (excluding diaryl/α,β-unsaturated/α-hetero) is 1. The maximum atomic E-state index is 12.9. The number of H-pyrrole nitrogens is 1. The molecule has 0 fully saturated rings. The maximum absolute atomic E-state index is 12.9. The molecule has 6 nitrogen and oxygen atoms in total. The van der Waals surface area contributed by atoms with Gasteiger partial charge in [0.15, 0.2) is 5.78 Å². The molecular formula is C17H29N3O3. The molecule has 130 valence electrons. The molecule has 1 amide bonds. The molecule has 1 aromatic heterocycles. The molecule has 0 aromatic carbocycles. The fourth-order valence-electron chi connectivity index (χ4n) is 2.68. The normalized spacial score (nSPS) is 11.1. The molecule has 6 heteroatoms. The van der Waals surface area contributed by atoms with Crippen molar-refractivity contribution in [3.05, 3.63) is 22.5 Å². The van der Waals surface area contributed by atoms with E-state index in [2.05, 4.69) is 4.98 Å². The SMILES string of the molecule is CCc1c(C(=O)N(CCOC)CCN(C)C)[nH]c(C)c1C(C)=O. The number of hydrogen-bond acceptors (Lipinski definition) is 4. The number of carbonyl (C=O) groups excluding carboxylic acids is 2. The quantitative estimate of drug-likeness (QED) is 0.703. The standard InChI is InChI=1S/C17H29N3O3/c1-7-14-15(13(3)21)12(2)18-16(14)17(22)20(10-11-23-6)9-8-19(4)5/h18H,7-11H2,1-6H3. The lowest BCUT2D eigenvalue weighted by Gasteiger charge is -2.24. The van der Waals surface area contributed by atoms with E-state index in [1.807, 2.05) is 32.8 Å². The fraction of sp³-hybridized carbons (Fsp3) is 0.647. The molecule has 0 aliphatic carbocycles. The van der Waals surface area contributed by atoms with E-state index in [1.54, 1.807) is 18.9 Å². The number of nitrogens with one attached hydrogen (secondary N) is 1. The summed E-state index contributed by atoms with van der Waals surface area (Å²) >= 11 is 0.